The van der Waals surface area contributed by atoms with Crippen LogP contribution in [0.1, 0.15) is 6.23 Å². The van der Waals surface area contributed by atoms with E-state index in [1.807, 2.05) is 0 Å². The van der Waals surface area contributed by atoms with Gasteiger partial charge in [-0.05, 0) is 11.8 Å². The molecule has 2 saturated heterocycles. The van der Waals surface area contributed by atoms with Crippen LogP contribution in [0.3, 0.4) is 0 Å². The summed E-state index contributed by atoms with van der Waals surface area (Å²) in [6.07, 6.45) is -12.6. The molecule has 0 amide bonds. The van der Waals surface area contributed by atoms with Gasteiger partial charge in [-0.3, -0.25) is 9.09 Å². The van der Waals surface area contributed by atoms with Gasteiger partial charge in [0.1, 0.15) is 30.2 Å². The van der Waals surface area contributed by atoms with E-state index in [9.17, 15) is 43.6 Å². The minimum atomic E-state index is -5.40. The minimum Gasteiger partial charge on any atom is -0.393 e. The van der Waals surface area contributed by atoms with Crippen LogP contribution in [0.25, 0.3) is 11.2 Å². The molecule has 0 aromatic carbocycles. The molecule has 1 aliphatic carbocycles. The molecule has 41 heavy (non-hydrogen) atoms. The number of halogens is 2. The Morgan fingerprint density at radius 1 is 1.22 bits per heavy atom. The Hall–Kier alpha value is -1.39. The van der Waals surface area contributed by atoms with Crippen molar-refractivity contribution in [3.8, 4) is 0 Å². The summed E-state index contributed by atoms with van der Waals surface area (Å²) in [7, 11) is -5.40. The number of hydrogen-bond acceptors (Lipinski definition) is 16. The first-order valence-electron chi connectivity index (χ1n) is 11.7. The van der Waals surface area contributed by atoms with Crippen LogP contribution in [0, 0.1) is 11.8 Å². The second kappa shape index (κ2) is 11.0. The molecule has 2 aliphatic heterocycles. The van der Waals surface area contributed by atoms with E-state index in [4.69, 9.17) is 29.4 Å². The number of phosphoric ester groups is 1. The fourth-order valence-corrected chi connectivity index (χ4v) is 8.20. The third kappa shape index (κ3) is 5.43. The van der Waals surface area contributed by atoms with E-state index in [1.165, 1.54) is 0 Å². The van der Waals surface area contributed by atoms with Gasteiger partial charge in [0.25, 0.3) is 0 Å². The maximum absolute atomic E-state index is 14.9. The molecule has 3 aliphatic rings. The van der Waals surface area contributed by atoms with Gasteiger partial charge in [0, 0.05) is 0 Å². The number of nitrogens with two attached hydrogens (primary N) is 1. The number of rotatable bonds is 10. The molecule has 13 atom stereocenters. The molecule has 230 valence electrons. The third-order valence-electron chi connectivity index (χ3n) is 7.00. The Labute approximate surface area is 233 Å². The zero-order valence-corrected chi connectivity index (χ0v) is 23.0. The number of aliphatic hydroxyl groups is 5. The number of hydrogen-bond donors (Lipinski definition) is 8. The summed E-state index contributed by atoms with van der Waals surface area (Å²) in [6.45, 7) is -6.64. The minimum absolute atomic E-state index is 0.0172. The lowest BCUT2D eigenvalue weighted by molar-refractivity contribution is -0.426. The average molecular weight is 651 g/mol. The Kier molecular flexibility index (Phi) is 8.30. The average Bonchev–Trinajstić information content (AvgIpc) is 3.47. The lowest BCUT2D eigenvalue weighted by atomic mass is 9.87. The van der Waals surface area contributed by atoms with E-state index in [-0.39, 0.29) is 17.0 Å². The second-order valence-electron chi connectivity index (χ2n) is 9.47. The molecule has 2 aromatic heterocycles. The number of phosphoric acid groups is 1. The number of ether oxygens (including phenoxy) is 2. The molecule has 0 bridgehead atoms. The summed E-state index contributed by atoms with van der Waals surface area (Å²) in [6, 6.07) is 0. The van der Waals surface area contributed by atoms with Crippen molar-refractivity contribution >= 4 is 43.3 Å². The molecule has 8 unspecified atom stereocenters. The van der Waals surface area contributed by atoms with E-state index < -0.39 is 94.7 Å². The molecule has 0 radical (unpaired) electrons. The summed E-state index contributed by atoms with van der Waals surface area (Å²) in [5, 5.41) is 50.1. The highest BCUT2D eigenvalue weighted by atomic mass is 32.5. The summed E-state index contributed by atoms with van der Waals surface area (Å²) >= 11 is 4.69. The number of imidazole rings is 1. The maximum Gasteiger partial charge on any atom is 0.481 e. The predicted octanol–water partition coefficient (Wildman–Crippen LogP) is -2.29. The smallest absolute Gasteiger partial charge is 0.393 e. The third-order valence-corrected chi connectivity index (χ3v) is 10.5. The predicted molar refractivity (Wildman–Crippen MR) is 130 cm³/mol. The molecule has 3 fully saturated rings. The molecule has 1 saturated carbocycles. The Bertz CT molecular complexity index is 1400. The van der Waals surface area contributed by atoms with Gasteiger partial charge in [0.05, 0.1) is 43.6 Å². The van der Waals surface area contributed by atoms with E-state index in [2.05, 4.69) is 31.1 Å². The fourth-order valence-electron chi connectivity index (χ4n) is 5.10. The Morgan fingerprint density at radius 2 is 1.93 bits per heavy atom. The zero-order chi connectivity index (χ0) is 30.1. The van der Waals surface area contributed by atoms with Crippen molar-refractivity contribution in [2.75, 3.05) is 18.9 Å². The van der Waals surface area contributed by atoms with Crippen molar-refractivity contribution in [1.82, 2.24) is 19.5 Å². The van der Waals surface area contributed by atoms with Crippen LogP contribution in [0.15, 0.2) is 12.7 Å². The molecule has 2 aromatic rings. The largest absolute Gasteiger partial charge is 0.481 e. The van der Waals surface area contributed by atoms with Crippen molar-refractivity contribution < 1.29 is 71.5 Å². The summed E-state index contributed by atoms with van der Waals surface area (Å²) in [5.74, 6) is -6.02. The van der Waals surface area contributed by atoms with Gasteiger partial charge < -0.3 is 55.1 Å². The molecule has 0 spiro atoms. The highest BCUT2D eigenvalue weighted by molar-refractivity contribution is 8.08. The molecule has 4 heterocycles. The highest BCUT2D eigenvalue weighted by Crippen LogP contribution is 2.65. The fraction of sp³-hybridized carbons (Fsp3) is 0.722. The van der Waals surface area contributed by atoms with Crippen molar-refractivity contribution in [2.45, 2.75) is 55.1 Å². The topological polar surface area (TPSA) is 274 Å². The van der Waals surface area contributed by atoms with Crippen molar-refractivity contribution in [2.24, 2.45) is 11.8 Å². The number of fused-ring (bicyclic) bond motifs is 2. The number of aliphatic hydroxyl groups excluding tert-OH is 4. The second-order valence-corrected chi connectivity index (χ2v) is 13.9. The van der Waals surface area contributed by atoms with Gasteiger partial charge in [-0.2, -0.15) is 0 Å². The van der Waals surface area contributed by atoms with Gasteiger partial charge >= 0.3 is 14.5 Å². The molecular weight excluding hydrogens is 626 g/mol. The van der Waals surface area contributed by atoms with E-state index in [1.54, 1.807) is 0 Å². The van der Waals surface area contributed by atoms with E-state index >= 15 is 0 Å². The van der Waals surface area contributed by atoms with Crippen LogP contribution in [-0.4, -0.2) is 117 Å². The standard InChI is InChI=1S/C18H25F2N5O13P2S/c19-5(1-26)7-12(28)13(29)8-17(36-18(7,8)30)37-39(31,32)38-40(33,41)34-2-6-11(27)9(20)16(35-6)25-4-24-10-14(21)22-3-23-15(10)25/h3-9,11-13,16-17,26-30H,1-2H2,(H,31,32)(H,33,41)(H2,21,22,23)/t5-,6+,7?,8?,9+,11+,12?,13?,16+,17?,18?,40?/m0/s1. The number of nitrogen functional groups attached to an aromatic ring is 1. The summed E-state index contributed by atoms with van der Waals surface area (Å²) in [4.78, 5) is 32.1. The lowest BCUT2D eigenvalue weighted by Gasteiger charge is -2.49. The monoisotopic (exact) mass is 651 g/mol. The first-order chi connectivity index (χ1) is 19.1. The Balaban J connectivity index is 1.19. The number of nitrogens with zero attached hydrogens (tertiary/aromatic N) is 4. The first-order valence-corrected chi connectivity index (χ1v) is 15.8. The number of anilines is 1. The van der Waals surface area contributed by atoms with Crippen molar-refractivity contribution in [3.63, 3.8) is 0 Å². The van der Waals surface area contributed by atoms with Gasteiger partial charge in [-0.25, -0.2) is 32.6 Å². The van der Waals surface area contributed by atoms with E-state index in [0.29, 0.717) is 0 Å². The maximum atomic E-state index is 14.9. The molecular formula is C18H25F2N5O13P2S. The van der Waals surface area contributed by atoms with Crippen LogP contribution in [0.2, 0.25) is 0 Å². The van der Waals surface area contributed by atoms with Crippen LogP contribution in [-0.2, 0) is 39.2 Å². The first kappa shape index (κ1) is 31.0. The summed E-state index contributed by atoms with van der Waals surface area (Å²) < 4.78 is 67.2. The molecule has 9 N–H and O–H groups in total. The van der Waals surface area contributed by atoms with Crippen LogP contribution in [0.5, 0.6) is 0 Å². The summed E-state index contributed by atoms with van der Waals surface area (Å²) in [5.41, 5.74) is 5.96. The lowest BCUT2D eigenvalue weighted by Crippen LogP contribution is -2.64. The quantitative estimate of drug-likeness (QED) is 0.126. The molecule has 23 heteroatoms. The highest BCUT2D eigenvalue weighted by Gasteiger charge is 2.73. The Morgan fingerprint density at radius 3 is 2.61 bits per heavy atom. The van der Waals surface area contributed by atoms with Gasteiger partial charge in [-0.1, -0.05) is 0 Å². The van der Waals surface area contributed by atoms with Crippen molar-refractivity contribution in [3.05, 3.63) is 12.7 Å². The van der Waals surface area contributed by atoms with Gasteiger partial charge in [0.2, 0.25) is 0 Å². The molecule has 5 rings (SSSR count). The number of alkyl halides is 2. The zero-order valence-electron chi connectivity index (χ0n) is 20.3. The van der Waals surface area contributed by atoms with Gasteiger partial charge in [0.15, 0.2) is 35.9 Å². The van der Waals surface area contributed by atoms with Gasteiger partial charge in [-0.15, -0.1) is 0 Å². The van der Waals surface area contributed by atoms with Crippen LogP contribution >= 0.6 is 14.5 Å². The van der Waals surface area contributed by atoms with Crippen LogP contribution < -0.4 is 5.73 Å². The van der Waals surface area contributed by atoms with E-state index in [0.717, 1.165) is 17.2 Å². The van der Waals surface area contributed by atoms with Crippen molar-refractivity contribution in [1.29, 1.82) is 0 Å². The SMILES string of the molecule is Nc1ncnc2c1ncn2[C@@H]1O[C@H](COP(O)(=S)OP(=O)(O)OC2OC3(O)C2C(O)C(O)C3[C@@H](F)CO)[C@@H](O)[C@H]1F. The molecule has 18 nitrogen and oxygen atoms in total. The number of aromatic nitrogens is 4. The van der Waals surface area contributed by atoms with Crippen LogP contribution in [0.4, 0.5) is 14.6 Å². The normalized spacial score (nSPS) is 40.6.